The van der Waals surface area contributed by atoms with Gasteiger partial charge in [-0.25, -0.2) is 9.82 Å². The van der Waals surface area contributed by atoms with E-state index in [4.69, 9.17) is 11.6 Å². The Morgan fingerprint density at radius 2 is 1.48 bits per heavy atom. The minimum Gasteiger partial charge on any atom is -0.345 e. The molecule has 0 aromatic heterocycles. The minimum atomic E-state index is -1.18. The van der Waals surface area contributed by atoms with Gasteiger partial charge in [-0.05, 0) is 24.1 Å². The summed E-state index contributed by atoms with van der Waals surface area (Å²) in [6.07, 6.45) is 0. The number of carbonyl (C=O) groups excluding carboxylic acids is 2. The zero-order valence-corrected chi connectivity index (χ0v) is 17.7. The molecule has 5 nitrogen and oxygen atoms in total. The Morgan fingerprint density at radius 3 is 2.13 bits per heavy atom. The summed E-state index contributed by atoms with van der Waals surface area (Å²) in [6, 6.07) is 24.9. The van der Waals surface area contributed by atoms with Crippen LogP contribution >= 0.6 is 11.6 Å². The summed E-state index contributed by atoms with van der Waals surface area (Å²) < 4.78 is 12.4. The molecule has 1 atom stereocenters. The number of hydrogen-bond donors (Lipinski definition) is 3. The van der Waals surface area contributed by atoms with E-state index in [0.29, 0.717) is 5.02 Å². The second-order valence-electron chi connectivity index (χ2n) is 7.05. The zero-order chi connectivity index (χ0) is 22.3. The third-order valence-electron chi connectivity index (χ3n) is 4.93. The van der Waals surface area contributed by atoms with Gasteiger partial charge in [0.2, 0.25) is 0 Å². The van der Waals surface area contributed by atoms with Gasteiger partial charge in [0, 0.05) is 10.6 Å². The molecule has 160 valence electrons. The predicted octanol–water partition coefficient (Wildman–Crippen LogP) is 3.65. The van der Waals surface area contributed by atoms with Gasteiger partial charge in [0.1, 0.15) is 5.54 Å². The van der Waals surface area contributed by atoms with Crippen molar-refractivity contribution in [3.05, 3.63) is 106 Å². The van der Waals surface area contributed by atoms with Crippen molar-refractivity contribution in [2.45, 2.75) is 12.5 Å². The zero-order valence-electron chi connectivity index (χ0n) is 17.0. The summed E-state index contributed by atoms with van der Waals surface area (Å²) in [6.45, 7) is 0.445. The molecule has 1 unspecified atom stereocenters. The molecule has 0 saturated carbocycles. The highest BCUT2D eigenvalue weighted by Crippen LogP contribution is 2.39. The van der Waals surface area contributed by atoms with E-state index in [-0.39, 0.29) is 6.54 Å². The fraction of sp³-hybridized carbons (Fsp3) is 0.167. The quantitative estimate of drug-likeness (QED) is 0.370. The van der Waals surface area contributed by atoms with Gasteiger partial charge < -0.3 is 5.32 Å². The highest BCUT2D eigenvalue weighted by atomic mass is 35.5. The lowest BCUT2D eigenvalue weighted by molar-refractivity contribution is -0.127. The normalized spacial score (nSPS) is 12.6. The molecule has 3 rings (SSSR count). The molecule has 0 heterocycles. The number of aryl methyl sites for hydroxylation is 1. The van der Waals surface area contributed by atoms with E-state index in [9.17, 15) is 14.0 Å². The van der Waals surface area contributed by atoms with Crippen LogP contribution in [0, 0.1) is 6.92 Å². The van der Waals surface area contributed by atoms with Crippen LogP contribution in [-0.2, 0) is 15.1 Å². The van der Waals surface area contributed by atoms with Crippen LogP contribution in [0.4, 0.5) is 4.39 Å². The monoisotopic (exact) mass is 439 g/mol. The Labute approximate surface area is 185 Å². The van der Waals surface area contributed by atoms with E-state index in [1.54, 1.807) is 6.07 Å². The van der Waals surface area contributed by atoms with Gasteiger partial charge in [-0.15, -0.1) is 0 Å². The van der Waals surface area contributed by atoms with Gasteiger partial charge in [-0.1, -0.05) is 90.0 Å². The predicted molar refractivity (Wildman–Crippen MR) is 119 cm³/mol. The first-order valence-electron chi connectivity index (χ1n) is 9.73. The van der Waals surface area contributed by atoms with Crippen LogP contribution in [0.3, 0.4) is 0 Å². The maximum atomic E-state index is 12.4. The van der Waals surface area contributed by atoms with E-state index in [0.717, 1.165) is 22.3 Å². The van der Waals surface area contributed by atoms with Crippen molar-refractivity contribution in [3.63, 3.8) is 0 Å². The number of hydrazine groups is 1. The summed E-state index contributed by atoms with van der Waals surface area (Å²) in [5.74, 6) is -1.38. The maximum Gasteiger partial charge on any atom is 0.253 e. The lowest BCUT2D eigenvalue weighted by atomic mass is 9.77. The van der Waals surface area contributed by atoms with E-state index in [2.05, 4.69) is 16.2 Å². The van der Waals surface area contributed by atoms with Crippen molar-refractivity contribution in [3.8, 4) is 0 Å². The van der Waals surface area contributed by atoms with Crippen LogP contribution in [0.2, 0.25) is 5.02 Å². The highest BCUT2D eigenvalue weighted by molar-refractivity contribution is 6.31. The Balaban J connectivity index is 2.09. The fourth-order valence-electron chi connectivity index (χ4n) is 3.38. The van der Waals surface area contributed by atoms with Crippen LogP contribution < -0.4 is 16.2 Å². The number of nitrogens with one attached hydrogen (secondary N) is 3. The first-order valence-corrected chi connectivity index (χ1v) is 10.1. The largest absolute Gasteiger partial charge is 0.345 e. The van der Waals surface area contributed by atoms with E-state index >= 15 is 0 Å². The molecule has 2 amide bonds. The highest BCUT2D eigenvalue weighted by Gasteiger charge is 2.38. The smallest absolute Gasteiger partial charge is 0.253 e. The molecule has 0 aliphatic heterocycles. The summed E-state index contributed by atoms with van der Waals surface area (Å²) in [4.78, 5) is 23.6. The van der Waals surface area contributed by atoms with Crippen LogP contribution in [0.15, 0.2) is 78.9 Å². The molecule has 3 N–H and O–H groups in total. The summed E-state index contributed by atoms with van der Waals surface area (Å²) in [7, 11) is 0. The molecule has 31 heavy (non-hydrogen) atoms. The standard InChI is InChI=1S/C24H23ClFN3O2/c1-17-11-13-19(14-12-17)24(18-7-3-2-4-8-18,20-9-5-6-10-21(20)25)29-28-23(31)16-27-22(30)15-26/h2-14,29H,15-16H2,1H3,(H,27,30)(H,28,31). The van der Waals surface area contributed by atoms with Crippen molar-refractivity contribution in [1.29, 1.82) is 0 Å². The number of benzene rings is 3. The van der Waals surface area contributed by atoms with Crippen molar-refractivity contribution < 1.29 is 14.0 Å². The van der Waals surface area contributed by atoms with Crippen LogP contribution in [0.25, 0.3) is 0 Å². The first kappa shape index (κ1) is 22.5. The molecule has 0 aliphatic carbocycles. The Morgan fingerprint density at radius 1 is 0.871 bits per heavy atom. The Kier molecular flexibility index (Phi) is 7.39. The summed E-state index contributed by atoms with van der Waals surface area (Å²) >= 11 is 6.63. The second-order valence-corrected chi connectivity index (χ2v) is 7.45. The number of hydrogen-bond acceptors (Lipinski definition) is 3. The summed E-state index contributed by atoms with van der Waals surface area (Å²) in [5.41, 5.74) is 8.31. The lowest BCUT2D eigenvalue weighted by Crippen LogP contribution is -2.55. The molecule has 0 bridgehead atoms. The van der Waals surface area contributed by atoms with Crippen LogP contribution in [-0.4, -0.2) is 25.0 Å². The van der Waals surface area contributed by atoms with Crippen LogP contribution in [0.5, 0.6) is 0 Å². The molecule has 0 saturated heterocycles. The van der Waals surface area contributed by atoms with E-state index in [1.807, 2.05) is 79.7 Å². The van der Waals surface area contributed by atoms with Gasteiger partial charge in [-0.2, -0.15) is 0 Å². The number of amides is 2. The topological polar surface area (TPSA) is 70.2 Å². The van der Waals surface area contributed by atoms with Crippen LogP contribution in [0.1, 0.15) is 22.3 Å². The molecule has 0 aliphatic rings. The van der Waals surface area contributed by atoms with Gasteiger partial charge >= 0.3 is 0 Å². The molecule has 3 aromatic rings. The van der Waals surface area contributed by atoms with Gasteiger partial charge in [0.25, 0.3) is 11.8 Å². The molecule has 3 aromatic carbocycles. The van der Waals surface area contributed by atoms with E-state index in [1.165, 1.54) is 0 Å². The molecular formula is C24H23ClFN3O2. The molecular weight excluding hydrogens is 417 g/mol. The molecule has 0 fully saturated rings. The first-order chi connectivity index (χ1) is 15.0. The number of rotatable bonds is 8. The average molecular weight is 440 g/mol. The number of halogens is 2. The van der Waals surface area contributed by atoms with Gasteiger partial charge in [0.05, 0.1) is 6.54 Å². The molecule has 0 spiro atoms. The SMILES string of the molecule is Cc1ccc(C(NNC(=O)CNC(=O)CF)(c2ccccc2)c2ccccc2Cl)cc1. The van der Waals surface area contributed by atoms with Crippen molar-refractivity contribution in [2.24, 2.45) is 0 Å². The Hall–Kier alpha value is -3.22. The third-order valence-corrected chi connectivity index (χ3v) is 5.26. The molecule has 0 radical (unpaired) electrons. The van der Waals surface area contributed by atoms with Crippen molar-refractivity contribution in [1.82, 2.24) is 16.2 Å². The fourth-order valence-corrected chi connectivity index (χ4v) is 3.66. The van der Waals surface area contributed by atoms with Gasteiger partial charge in [0.15, 0.2) is 6.67 Å². The minimum absolute atomic E-state index is 0.364. The summed E-state index contributed by atoms with van der Waals surface area (Å²) in [5, 5.41) is 2.73. The Bertz CT molecular complexity index is 1040. The average Bonchev–Trinajstić information content (AvgIpc) is 2.80. The van der Waals surface area contributed by atoms with Gasteiger partial charge in [-0.3, -0.25) is 15.0 Å². The van der Waals surface area contributed by atoms with E-state index < -0.39 is 24.0 Å². The number of alkyl halides is 1. The third kappa shape index (κ3) is 5.10. The number of carbonyl (C=O) groups is 2. The molecule has 7 heteroatoms. The lowest BCUT2D eigenvalue weighted by Gasteiger charge is -2.37. The second kappa shape index (κ2) is 10.2. The maximum absolute atomic E-state index is 12.4. The van der Waals surface area contributed by atoms with Crippen molar-refractivity contribution in [2.75, 3.05) is 13.2 Å². The van der Waals surface area contributed by atoms with Crippen molar-refractivity contribution >= 4 is 23.4 Å².